The van der Waals surface area contributed by atoms with E-state index in [0.29, 0.717) is 24.0 Å². The maximum atomic E-state index is 9.84. The summed E-state index contributed by atoms with van der Waals surface area (Å²) in [6, 6.07) is 3.76. The number of rotatable bonds is 7. The monoisotopic (exact) mass is 295 g/mol. The first-order chi connectivity index (χ1) is 10.2. The van der Waals surface area contributed by atoms with Crippen LogP contribution in [0.25, 0.3) is 0 Å². The zero-order valence-electron chi connectivity index (χ0n) is 13.0. The largest absolute Gasteiger partial charge is 0.496 e. The molecule has 0 spiro atoms. The second-order valence-electron chi connectivity index (χ2n) is 5.41. The lowest BCUT2D eigenvalue weighted by atomic mass is 10.1. The number of hydrogen-bond acceptors (Lipinski definition) is 5. The molecule has 5 heteroatoms. The van der Waals surface area contributed by atoms with E-state index < -0.39 is 0 Å². The van der Waals surface area contributed by atoms with Crippen LogP contribution in [0.2, 0.25) is 0 Å². The Balaban J connectivity index is 2.01. The Labute approximate surface area is 126 Å². The van der Waals surface area contributed by atoms with E-state index in [1.807, 2.05) is 12.1 Å². The van der Waals surface area contributed by atoms with E-state index in [1.54, 1.807) is 21.3 Å². The molecule has 118 valence electrons. The molecule has 1 aliphatic rings. The van der Waals surface area contributed by atoms with Gasteiger partial charge in [-0.15, -0.1) is 0 Å². The maximum absolute atomic E-state index is 9.84. The Morgan fingerprint density at radius 2 is 1.71 bits per heavy atom. The van der Waals surface area contributed by atoms with E-state index in [1.165, 1.54) is 0 Å². The molecule has 2 atom stereocenters. The Morgan fingerprint density at radius 1 is 1.05 bits per heavy atom. The summed E-state index contributed by atoms with van der Waals surface area (Å²) in [6.07, 6.45) is 2.97. The van der Waals surface area contributed by atoms with Gasteiger partial charge in [-0.25, -0.2) is 0 Å². The lowest BCUT2D eigenvalue weighted by Gasteiger charge is -2.17. The lowest BCUT2D eigenvalue weighted by molar-refractivity contribution is 0.131. The maximum Gasteiger partial charge on any atom is 0.164 e. The van der Waals surface area contributed by atoms with E-state index in [0.717, 1.165) is 37.1 Å². The average molecular weight is 295 g/mol. The smallest absolute Gasteiger partial charge is 0.164 e. The Morgan fingerprint density at radius 3 is 2.29 bits per heavy atom. The second-order valence-corrected chi connectivity index (χ2v) is 5.41. The van der Waals surface area contributed by atoms with Gasteiger partial charge in [0.1, 0.15) is 5.75 Å². The Kier molecular flexibility index (Phi) is 5.70. The van der Waals surface area contributed by atoms with Crippen molar-refractivity contribution in [2.75, 3.05) is 27.9 Å². The van der Waals surface area contributed by atoms with Gasteiger partial charge in [-0.1, -0.05) is 6.42 Å². The number of benzene rings is 1. The summed E-state index contributed by atoms with van der Waals surface area (Å²) >= 11 is 0. The van der Waals surface area contributed by atoms with Gasteiger partial charge in [0.25, 0.3) is 0 Å². The molecule has 0 saturated heterocycles. The van der Waals surface area contributed by atoms with Crippen LogP contribution in [0.3, 0.4) is 0 Å². The van der Waals surface area contributed by atoms with Crippen LogP contribution in [0.1, 0.15) is 24.8 Å². The molecular formula is C16H25NO4. The van der Waals surface area contributed by atoms with Gasteiger partial charge >= 0.3 is 0 Å². The van der Waals surface area contributed by atoms with Crippen molar-refractivity contribution < 1.29 is 19.3 Å². The summed E-state index contributed by atoms with van der Waals surface area (Å²) in [5, 5.41) is 13.2. The molecule has 2 rings (SSSR count). The molecular weight excluding hydrogens is 270 g/mol. The second kappa shape index (κ2) is 7.52. The van der Waals surface area contributed by atoms with Gasteiger partial charge in [-0.3, -0.25) is 0 Å². The summed E-state index contributed by atoms with van der Waals surface area (Å²) in [7, 11) is 4.87. The van der Waals surface area contributed by atoms with E-state index in [4.69, 9.17) is 14.2 Å². The third-order valence-electron chi connectivity index (χ3n) is 4.13. The van der Waals surface area contributed by atoms with Gasteiger partial charge in [0.05, 0.1) is 27.4 Å². The molecule has 1 fully saturated rings. The van der Waals surface area contributed by atoms with E-state index in [2.05, 4.69) is 5.32 Å². The molecule has 0 amide bonds. The number of aliphatic hydroxyl groups excluding tert-OH is 1. The Hall–Kier alpha value is -1.46. The van der Waals surface area contributed by atoms with Crippen molar-refractivity contribution in [3.05, 3.63) is 17.7 Å². The summed E-state index contributed by atoms with van der Waals surface area (Å²) in [4.78, 5) is 0. The van der Waals surface area contributed by atoms with Crippen LogP contribution in [0.5, 0.6) is 17.2 Å². The van der Waals surface area contributed by atoms with Crippen molar-refractivity contribution in [3.8, 4) is 17.2 Å². The zero-order valence-corrected chi connectivity index (χ0v) is 13.0. The molecule has 1 aliphatic carbocycles. The highest BCUT2D eigenvalue weighted by atomic mass is 16.5. The van der Waals surface area contributed by atoms with Crippen molar-refractivity contribution in [3.63, 3.8) is 0 Å². The predicted octanol–water partition coefficient (Wildman–Crippen LogP) is 1.96. The highest BCUT2D eigenvalue weighted by molar-refractivity contribution is 5.50. The van der Waals surface area contributed by atoms with Crippen molar-refractivity contribution in [2.45, 2.75) is 31.9 Å². The van der Waals surface area contributed by atoms with E-state index in [9.17, 15) is 5.11 Å². The van der Waals surface area contributed by atoms with Crippen LogP contribution in [0.15, 0.2) is 12.1 Å². The fourth-order valence-corrected chi connectivity index (χ4v) is 2.88. The van der Waals surface area contributed by atoms with Crippen LogP contribution >= 0.6 is 0 Å². The van der Waals surface area contributed by atoms with Crippen LogP contribution in [-0.4, -0.2) is 39.1 Å². The first-order valence-corrected chi connectivity index (χ1v) is 7.37. The zero-order chi connectivity index (χ0) is 15.2. The Bertz CT molecular complexity index is 464. The molecule has 21 heavy (non-hydrogen) atoms. The first kappa shape index (κ1) is 15.9. The normalized spacial score (nSPS) is 21.3. The third-order valence-corrected chi connectivity index (χ3v) is 4.13. The lowest BCUT2D eigenvalue weighted by Crippen LogP contribution is -2.27. The van der Waals surface area contributed by atoms with Crippen molar-refractivity contribution in [2.24, 2.45) is 5.92 Å². The fraction of sp³-hybridized carbons (Fsp3) is 0.625. The van der Waals surface area contributed by atoms with E-state index in [-0.39, 0.29) is 6.10 Å². The number of ether oxygens (including phenoxy) is 3. The van der Waals surface area contributed by atoms with Crippen molar-refractivity contribution >= 4 is 0 Å². The average Bonchev–Trinajstić information content (AvgIpc) is 2.92. The van der Waals surface area contributed by atoms with Crippen LogP contribution in [-0.2, 0) is 6.54 Å². The molecule has 2 unspecified atom stereocenters. The topological polar surface area (TPSA) is 60.0 Å². The SMILES string of the molecule is COc1cc(OC)c(OC)cc1CNCC1CCCC1O. The molecule has 0 aromatic heterocycles. The quantitative estimate of drug-likeness (QED) is 0.805. The standard InChI is InChI=1S/C16H25NO4/c1-19-14-8-16(21-3)15(20-2)7-12(14)10-17-9-11-5-4-6-13(11)18/h7-8,11,13,17-18H,4-6,9-10H2,1-3H3. The van der Waals surface area contributed by atoms with Gasteiger partial charge in [0, 0.05) is 24.7 Å². The summed E-state index contributed by atoms with van der Waals surface area (Å²) < 4.78 is 16.0. The van der Waals surface area contributed by atoms with Gasteiger partial charge in [0.2, 0.25) is 0 Å². The molecule has 1 aromatic rings. The molecule has 0 radical (unpaired) electrons. The summed E-state index contributed by atoms with van der Waals surface area (Å²) in [5.41, 5.74) is 1.02. The highest BCUT2D eigenvalue weighted by Crippen LogP contribution is 2.34. The van der Waals surface area contributed by atoms with Gasteiger partial charge in [-0.05, 0) is 24.8 Å². The number of hydrogen-bond donors (Lipinski definition) is 2. The van der Waals surface area contributed by atoms with E-state index >= 15 is 0 Å². The molecule has 0 aliphatic heterocycles. The number of aliphatic hydroxyl groups is 1. The highest BCUT2D eigenvalue weighted by Gasteiger charge is 2.24. The number of nitrogens with one attached hydrogen (secondary N) is 1. The predicted molar refractivity (Wildman–Crippen MR) is 81.2 cm³/mol. The molecule has 5 nitrogen and oxygen atoms in total. The number of methoxy groups -OCH3 is 3. The van der Waals surface area contributed by atoms with Crippen LogP contribution in [0.4, 0.5) is 0 Å². The molecule has 0 heterocycles. The van der Waals surface area contributed by atoms with Gasteiger partial charge < -0.3 is 24.6 Å². The van der Waals surface area contributed by atoms with Crippen molar-refractivity contribution in [1.29, 1.82) is 0 Å². The minimum Gasteiger partial charge on any atom is -0.496 e. The van der Waals surface area contributed by atoms with Gasteiger partial charge in [0.15, 0.2) is 11.5 Å². The molecule has 2 N–H and O–H groups in total. The third kappa shape index (κ3) is 3.80. The molecule has 1 saturated carbocycles. The van der Waals surface area contributed by atoms with Crippen molar-refractivity contribution in [1.82, 2.24) is 5.32 Å². The molecule has 0 bridgehead atoms. The summed E-state index contributed by atoms with van der Waals surface area (Å²) in [6.45, 7) is 1.49. The summed E-state index contributed by atoms with van der Waals surface area (Å²) in [5.74, 6) is 2.48. The van der Waals surface area contributed by atoms with Crippen LogP contribution in [0, 0.1) is 5.92 Å². The first-order valence-electron chi connectivity index (χ1n) is 7.37. The van der Waals surface area contributed by atoms with Gasteiger partial charge in [-0.2, -0.15) is 0 Å². The fourth-order valence-electron chi connectivity index (χ4n) is 2.88. The minimum absolute atomic E-state index is 0.162. The minimum atomic E-state index is -0.162. The van der Waals surface area contributed by atoms with Crippen LogP contribution < -0.4 is 19.5 Å². The molecule has 1 aromatic carbocycles.